The molecular weight excluding hydrogens is 542 g/mol. The molecule has 0 saturated heterocycles. The van der Waals surface area contributed by atoms with Crippen LogP contribution in [0.2, 0.25) is 0 Å². The van der Waals surface area contributed by atoms with Gasteiger partial charge in [-0.1, -0.05) is 30.3 Å². The lowest BCUT2D eigenvalue weighted by Gasteiger charge is -2.23. The van der Waals surface area contributed by atoms with Crippen LogP contribution in [0.1, 0.15) is 37.4 Å². The zero-order valence-electron chi connectivity index (χ0n) is 20.3. The topological polar surface area (TPSA) is 77.4 Å². The zero-order chi connectivity index (χ0) is 28.8. The van der Waals surface area contributed by atoms with Crippen LogP contribution in [-0.4, -0.2) is 23.4 Å². The predicted molar refractivity (Wildman–Crippen MR) is 132 cm³/mol. The molecule has 1 N–H and O–H groups in total. The monoisotopic (exact) mass is 560 g/mol. The van der Waals surface area contributed by atoms with Crippen molar-refractivity contribution in [1.29, 1.82) is 0 Å². The number of benzene rings is 3. The number of halogens is 6. The number of aldehydes is 1. The number of hydrogen-bond acceptors (Lipinski definition) is 4. The van der Waals surface area contributed by atoms with Crippen LogP contribution in [0.25, 0.3) is 22.0 Å². The van der Waals surface area contributed by atoms with Gasteiger partial charge in [0.25, 0.3) is 11.5 Å². The molecule has 1 aliphatic rings. The van der Waals surface area contributed by atoms with Gasteiger partial charge in [-0.25, -0.2) is 0 Å². The number of rotatable bonds is 5. The Morgan fingerprint density at radius 3 is 2.27 bits per heavy atom. The van der Waals surface area contributed by atoms with E-state index in [4.69, 9.17) is 4.74 Å². The van der Waals surface area contributed by atoms with E-state index in [-0.39, 0.29) is 35.9 Å². The van der Waals surface area contributed by atoms with Crippen LogP contribution >= 0.6 is 0 Å². The highest BCUT2D eigenvalue weighted by molar-refractivity contribution is 6.10. The van der Waals surface area contributed by atoms with E-state index in [2.05, 4.69) is 5.32 Å². The van der Waals surface area contributed by atoms with Crippen molar-refractivity contribution in [3.05, 3.63) is 98.8 Å². The molecule has 3 aromatic carbocycles. The highest BCUT2D eigenvalue weighted by atomic mass is 19.4. The molecule has 12 heteroatoms. The van der Waals surface area contributed by atoms with Crippen molar-refractivity contribution in [2.45, 2.75) is 25.4 Å². The summed E-state index contributed by atoms with van der Waals surface area (Å²) in [5.74, 6) is -0.616. The standard InChI is InChI=1S/C28H18F6N2O4/c29-27(30,31)18-10-16(11-19(12-18)28(32,33)34)13-35-25(38)23-22(17-4-1-3-15(9-17)14-37)20-5-2-6-21-24(20)36(26(23)39)7-8-40-21/h1-6,9-12,14H,7-8,13H2,(H,35,38). The molecule has 0 saturated carbocycles. The normalized spacial score (nSPS) is 13.2. The first-order chi connectivity index (χ1) is 18.9. The number of alkyl halides is 6. The van der Waals surface area contributed by atoms with E-state index >= 15 is 0 Å². The molecule has 4 aromatic rings. The third-order valence-corrected chi connectivity index (χ3v) is 6.46. The Morgan fingerprint density at radius 1 is 0.950 bits per heavy atom. The van der Waals surface area contributed by atoms with E-state index < -0.39 is 47.1 Å². The highest BCUT2D eigenvalue weighted by Gasteiger charge is 2.37. The Hall–Kier alpha value is -4.61. The second kappa shape index (κ2) is 9.85. The Bertz CT molecular complexity index is 1690. The summed E-state index contributed by atoms with van der Waals surface area (Å²) in [6.45, 7) is -0.484. The molecule has 0 radical (unpaired) electrons. The average molecular weight is 560 g/mol. The number of amides is 1. The van der Waals surface area contributed by atoms with Crippen LogP contribution in [0.4, 0.5) is 26.3 Å². The number of aromatic nitrogens is 1. The second-order valence-electron chi connectivity index (χ2n) is 9.05. The van der Waals surface area contributed by atoms with Gasteiger partial charge in [0, 0.05) is 23.1 Å². The van der Waals surface area contributed by atoms with E-state index in [1.54, 1.807) is 30.3 Å². The van der Waals surface area contributed by atoms with Crippen molar-refractivity contribution in [1.82, 2.24) is 9.88 Å². The van der Waals surface area contributed by atoms with Crippen molar-refractivity contribution >= 4 is 23.1 Å². The fourth-order valence-corrected chi connectivity index (χ4v) is 4.73. The number of nitrogens with zero attached hydrogens (tertiary/aromatic N) is 1. The number of nitrogens with one attached hydrogen (secondary N) is 1. The van der Waals surface area contributed by atoms with Gasteiger partial charge < -0.3 is 14.6 Å². The third-order valence-electron chi connectivity index (χ3n) is 6.46. The summed E-state index contributed by atoms with van der Waals surface area (Å²) >= 11 is 0. The van der Waals surface area contributed by atoms with Crippen molar-refractivity contribution in [3.63, 3.8) is 0 Å². The van der Waals surface area contributed by atoms with Gasteiger partial charge in [0.05, 0.1) is 23.2 Å². The fourth-order valence-electron chi connectivity index (χ4n) is 4.73. The zero-order valence-corrected chi connectivity index (χ0v) is 20.3. The molecule has 5 rings (SSSR count). The van der Waals surface area contributed by atoms with Crippen LogP contribution < -0.4 is 15.6 Å². The number of hydrogen-bond donors (Lipinski definition) is 1. The summed E-state index contributed by atoms with van der Waals surface area (Å²) in [5, 5.41) is 2.75. The molecule has 1 amide bonds. The van der Waals surface area contributed by atoms with Crippen LogP contribution in [0, 0.1) is 0 Å². The Morgan fingerprint density at radius 2 is 1.62 bits per heavy atom. The van der Waals surface area contributed by atoms with Crippen LogP contribution in [0.5, 0.6) is 5.75 Å². The number of carbonyl (C=O) groups excluding carboxylic acids is 2. The summed E-state index contributed by atoms with van der Waals surface area (Å²) in [4.78, 5) is 38.6. The third kappa shape index (κ3) is 4.92. The summed E-state index contributed by atoms with van der Waals surface area (Å²) in [5.41, 5.74) is -3.48. The van der Waals surface area contributed by atoms with E-state index in [1.807, 2.05) is 0 Å². The molecule has 0 atom stereocenters. The predicted octanol–water partition coefficient (Wildman–Crippen LogP) is 5.84. The number of pyridine rings is 1. The minimum Gasteiger partial charge on any atom is -0.490 e. The molecule has 0 spiro atoms. The molecular formula is C28H18F6N2O4. The maximum absolute atomic E-state index is 13.7. The minimum absolute atomic E-state index is 0.0103. The first-order valence-corrected chi connectivity index (χ1v) is 11.8. The molecule has 0 fully saturated rings. The number of para-hydroxylation sites is 1. The largest absolute Gasteiger partial charge is 0.490 e. The Kier molecular flexibility index (Phi) is 6.64. The van der Waals surface area contributed by atoms with Crippen LogP contribution in [0.15, 0.2) is 65.5 Å². The molecule has 1 aliphatic heterocycles. The minimum atomic E-state index is -5.06. The molecule has 0 aliphatic carbocycles. The SMILES string of the molecule is O=Cc1cccc(-c2c(C(=O)NCc3cc(C(F)(F)F)cc(C(F)(F)F)c3)c(=O)n3c4c(cccc24)OCC3)c1. The van der Waals surface area contributed by atoms with Crippen LogP contribution in [0.3, 0.4) is 0 Å². The maximum atomic E-state index is 13.7. The van der Waals surface area contributed by atoms with Gasteiger partial charge >= 0.3 is 12.4 Å². The Labute approximate surface area is 221 Å². The number of ether oxygens (including phenoxy) is 1. The quantitative estimate of drug-likeness (QED) is 0.246. The summed E-state index contributed by atoms with van der Waals surface area (Å²) in [6, 6.07) is 12.0. The van der Waals surface area contributed by atoms with Crippen LogP contribution in [-0.2, 0) is 25.4 Å². The first-order valence-electron chi connectivity index (χ1n) is 11.8. The fraction of sp³-hybridized carbons (Fsp3) is 0.179. The lowest BCUT2D eigenvalue weighted by atomic mass is 9.93. The lowest BCUT2D eigenvalue weighted by Crippen LogP contribution is -2.36. The first kappa shape index (κ1) is 27.0. The van der Waals surface area contributed by atoms with E-state index in [1.165, 1.54) is 16.7 Å². The number of carbonyl (C=O) groups is 2. The van der Waals surface area contributed by atoms with E-state index in [9.17, 15) is 40.7 Å². The molecule has 6 nitrogen and oxygen atoms in total. The molecule has 1 aromatic heterocycles. The van der Waals surface area contributed by atoms with Crippen molar-refractivity contribution in [2.24, 2.45) is 0 Å². The van der Waals surface area contributed by atoms with Gasteiger partial charge in [0.15, 0.2) is 0 Å². The smallest absolute Gasteiger partial charge is 0.416 e. The van der Waals surface area contributed by atoms with Gasteiger partial charge in [-0.15, -0.1) is 0 Å². The average Bonchev–Trinajstić information content (AvgIpc) is 2.92. The van der Waals surface area contributed by atoms with Gasteiger partial charge in [-0.05, 0) is 41.5 Å². The summed E-state index contributed by atoms with van der Waals surface area (Å²) in [7, 11) is 0. The molecule has 40 heavy (non-hydrogen) atoms. The Balaban J connectivity index is 1.64. The van der Waals surface area contributed by atoms with E-state index in [0.717, 1.165) is 0 Å². The summed E-state index contributed by atoms with van der Waals surface area (Å²) < 4.78 is 86.8. The molecule has 206 valence electrons. The van der Waals surface area contributed by atoms with Gasteiger partial charge in [0.2, 0.25) is 0 Å². The van der Waals surface area contributed by atoms with E-state index in [0.29, 0.717) is 40.6 Å². The van der Waals surface area contributed by atoms with Crippen molar-refractivity contribution in [3.8, 4) is 16.9 Å². The molecule has 0 bridgehead atoms. The van der Waals surface area contributed by atoms with Crippen molar-refractivity contribution in [2.75, 3.05) is 6.61 Å². The lowest BCUT2D eigenvalue weighted by molar-refractivity contribution is -0.143. The highest BCUT2D eigenvalue weighted by Crippen LogP contribution is 2.38. The molecule has 0 unspecified atom stereocenters. The van der Waals surface area contributed by atoms with Gasteiger partial charge in [-0.3, -0.25) is 14.4 Å². The van der Waals surface area contributed by atoms with Gasteiger partial charge in [-0.2, -0.15) is 26.3 Å². The van der Waals surface area contributed by atoms with Gasteiger partial charge in [0.1, 0.15) is 24.2 Å². The van der Waals surface area contributed by atoms with Crippen molar-refractivity contribution < 1.29 is 40.7 Å². The summed E-state index contributed by atoms with van der Waals surface area (Å²) in [6.07, 6.45) is -9.54. The molecule has 2 heterocycles. The maximum Gasteiger partial charge on any atom is 0.416 e. The second-order valence-corrected chi connectivity index (χ2v) is 9.05.